The van der Waals surface area contributed by atoms with Gasteiger partial charge in [0, 0.05) is 12.5 Å². The quantitative estimate of drug-likeness (QED) is 0.396. The number of aliphatic hydroxyl groups is 1. The third kappa shape index (κ3) is 5.91. The van der Waals surface area contributed by atoms with Crippen LogP contribution in [0.25, 0.3) is 11.6 Å². The summed E-state index contributed by atoms with van der Waals surface area (Å²) < 4.78 is 70.6. The maximum atomic E-state index is 15.9. The average Bonchev–Trinajstić information content (AvgIpc) is 2.80. The summed E-state index contributed by atoms with van der Waals surface area (Å²) in [6, 6.07) is 8.75. The second-order valence-electron chi connectivity index (χ2n) is 9.00. The van der Waals surface area contributed by atoms with E-state index in [4.69, 9.17) is 0 Å². The molecule has 9 heteroatoms. The summed E-state index contributed by atoms with van der Waals surface area (Å²) in [5.74, 6) is -2.79. The first kappa shape index (κ1) is 27.3. The third-order valence-electron chi connectivity index (χ3n) is 6.25. The zero-order valence-corrected chi connectivity index (χ0v) is 19.6. The third-order valence-corrected chi connectivity index (χ3v) is 6.25. The van der Waals surface area contributed by atoms with Gasteiger partial charge in [-0.3, -0.25) is 10.1 Å². The summed E-state index contributed by atoms with van der Waals surface area (Å²) in [7, 11) is 0. The van der Waals surface area contributed by atoms with Crippen LogP contribution >= 0.6 is 0 Å². The summed E-state index contributed by atoms with van der Waals surface area (Å²) in [5.41, 5.74) is -4.00. The van der Waals surface area contributed by atoms with Crippen LogP contribution in [0.2, 0.25) is 0 Å². The van der Waals surface area contributed by atoms with E-state index >= 15 is 4.39 Å². The topological polar surface area (TPSA) is 69.6 Å². The summed E-state index contributed by atoms with van der Waals surface area (Å²) in [6.07, 6.45) is 2.41. The number of halogens is 5. The number of aliphatic hydroxyl groups excluding tert-OH is 1. The number of hydrogen-bond donors (Lipinski definition) is 3. The van der Waals surface area contributed by atoms with Gasteiger partial charge in [0.1, 0.15) is 17.0 Å². The van der Waals surface area contributed by atoms with Crippen LogP contribution in [-0.2, 0) is 17.5 Å². The Labute approximate surface area is 205 Å². The van der Waals surface area contributed by atoms with Crippen molar-refractivity contribution in [2.24, 2.45) is 5.92 Å². The number of benzene rings is 2. The van der Waals surface area contributed by atoms with E-state index in [1.807, 2.05) is 0 Å². The lowest BCUT2D eigenvalue weighted by molar-refractivity contribution is -0.146. The van der Waals surface area contributed by atoms with Gasteiger partial charge in [-0.2, -0.15) is 13.2 Å². The molecule has 192 valence electrons. The van der Waals surface area contributed by atoms with Gasteiger partial charge in [-0.1, -0.05) is 48.6 Å². The first-order valence-electron chi connectivity index (χ1n) is 11.1. The van der Waals surface area contributed by atoms with Crippen molar-refractivity contribution < 1.29 is 37.0 Å². The molecule has 0 saturated heterocycles. The van der Waals surface area contributed by atoms with Crippen LogP contribution < -0.4 is 5.32 Å². The zero-order valence-electron chi connectivity index (χ0n) is 19.6. The van der Waals surface area contributed by atoms with Crippen LogP contribution in [0, 0.1) is 11.7 Å². The van der Waals surface area contributed by atoms with E-state index < -0.39 is 47.3 Å². The molecular weight excluding hydrogens is 481 g/mol. The molecule has 1 aliphatic carbocycles. The summed E-state index contributed by atoms with van der Waals surface area (Å²) in [5, 5.41) is 21.3. The van der Waals surface area contributed by atoms with Gasteiger partial charge in [0.2, 0.25) is 0 Å². The summed E-state index contributed by atoms with van der Waals surface area (Å²) in [4.78, 5) is 11.4. The molecule has 0 aromatic heterocycles. The van der Waals surface area contributed by atoms with Gasteiger partial charge in [-0.05, 0) is 60.4 Å². The molecule has 0 radical (unpaired) electrons. The average molecular weight is 507 g/mol. The highest BCUT2D eigenvalue weighted by atomic mass is 19.4. The molecule has 0 aliphatic heterocycles. The normalized spacial score (nSPS) is 21.9. The molecule has 3 N–H and O–H groups in total. The Hall–Kier alpha value is -3.30. The minimum absolute atomic E-state index is 0.126. The fraction of sp³-hybridized carbons (Fsp3) is 0.296. The smallest absolute Gasteiger partial charge is 0.416 e. The fourth-order valence-electron chi connectivity index (χ4n) is 3.90. The van der Waals surface area contributed by atoms with Crippen molar-refractivity contribution >= 4 is 17.6 Å². The van der Waals surface area contributed by atoms with Crippen molar-refractivity contribution in [3.05, 3.63) is 94.8 Å². The second kappa shape index (κ2) is 10.4. The van der Waals surface area contributed by atoms with Crippen LogP contribution in [0.5, 0.6) is 0 Å². The SMILES string of the molecule is CC(CO)(NCc1ccc(C(F)(F)F)c(/C=C/C2C=CC=C(c3cccc(F)c3)C2(C)F)c1)C(=O)O. The number of alkyl halides is 4. The number of hydrogen-bond acceptors (Lipinski definition) is 3. The maximum Gasteiger partial charge on any atom is 0.416 e. The molecule has 4 nitrogen and oxygen atoms in total. The Bertz CT molecular complexity index is 1220. The number of nitrogens with one attached hydrogen (secondary N) is 1. The van der Waals surface area contributed by atoms with Gasteiger partial charge >= 0.3 is 12.1 Å². The Balaban J connectivity index is 1.92. The van der Waals surface area contributed by atoms with E-state index in [2.05, 4.69) is 5.32 Å². The van der Waals surface area contributed by atoms with Crippen LogP contribution in [0.4, 0.5) is 22.0 Å². The number of aliphatic carboxylic acids is 1. The molecule has 0 bridgehead atoms. The molecule has 0 heterocycles. The van der Waals surface area contributed by atoms with Crippen LogP contribution in [0.3, 0.4) is 0 Å². The molecular formula is C27H26F5NO3. The zero-order chi connectivity index (χ0) is 26.7. The van der Waals surface area contributed by atoms with E-state index in [0.29, 0.717) is 11.1 Å². The number of allylic oxidation sites excluding steroid dienone is 5. The minimum atomic E-state index is -4.68. The van der Waals surface area contributed by atoms with Gasteiger partial charge in [-0.25, -0.2) is 8.78 Å². The van der Waals surface area contributed by atoms with Gasteiger partial charge < -0.3 is 10.2 Å². The predicted molar refractivity (Wildman–Crippen MR) is 127 cm³/mol. The highest BCUT2D eigenvalue weighted by Crippen LogP contribution is 2.42. The highest BCUT2D eigenvalue weighted by molar-refractivity contribution is 5.78. The van der Waals surface area contributed by atoms with Gasteiger partial charge in [0.15, 0.2) is 0 Å². The Morgan fingerprint density at radius 2 is 1.92 bits per heavy atom. The molecule has 2 aromatic rings. The first-order valence-corrected chi connectivity index (χ1v) is 11.1. The molecule has 3 unspecified atom stereocenters. The molecule has 0 spiro atoms. The fourth-order valence-corrected chi connectivity index (χ4v) is 3.90. The van der Waals surface area contributed by atoms with Crippen molar-refractivity contribution in [3.63, 3.8) is 0 Å². The molecule has 0 saturated carbocycles. The molecule has 3 atom stereocenters. The molecule has 0 fully saturated rings. The van der Waals surface area contributed by atoms with Crippen molar-refractivity contribution in [3.8, 4) is 0 Å². The lowest BCUT2D eigenvalue weighted by Gasteiger charge is -2.32. The first-order chi connectivity index (χ1) is 16.8. The second-order valence-corrected chi connectivity index (χ2v) is 9.00. The van der Waals surface area contributed by atoms with Crippen LogP contribution in [0.15, 0.2) is 66.8 Å². The molecule has 3 rings (SSSR count). The predicted octanol–water partition coefficient (Wildman–Crippen LogP) is 5.78. The van der Waals surface area contributed by atoms with Crippen molar-refractivity contribution in [2.45, 2.75) is 37.8 Å². The number of rotatable bonds is 8. The number of carbonyl (C=O) groups is 1. The minimum Gasteiger partial charge on any atom is -0.480 e. The Kier molecular flexibility index (Phi) is 7.85. The molecule has 1 aliphatic rings. The van der Waals surface area contributed by atoms with Gasteiger partial charge in [-0.15, -0.1) is 0 Å². The van der Waals surface area contributed by atoms with Crippen molar-refractivity contribution in [1.29, 1.82) is 0 Å². The molecule has 0 amide bonds. The van der Waals surface area contributed by atoms with Gasteiger partial charge in [0.05, 0.1) is 12.2 Å². The van der Waals surface area contributed by atoms with E-state index in [1.165, 1.54) is 68.5 Å². The standard InChI is InChI=1S/C27H26F5NO3/c1-25(16-34,24(35)36)33-15-17-9-12-23(27(30,31)32)19(13-17)10-11-20-6-4-8-22(26(20,2)29)18-5-3-7-21(28)14-18/h3-14,20,33-34H,15-16H2,1-2H3,(H,35,36)/b11-10+. The van der Waals surface area contributed by atoms with Crippen molar-refractivity contribution in [1.82, 2.24) is 5.32 Å². The Morgan fingerprint density at radius 3 is 2.53 bits per heavy atom. The van der Waals surface area contributed by atoms with Crippen LogP contribution in [-0.4, -0.2) is 34.0 Å². The maximum absolute atomic E-state index is 15.9. The molecule has 36 heavy (non-hydrogen) atoms. The largest absolute Gasteiger partial charge is 0.480 e. The lowest BCUT2D eigenvalue weighted by Crippen LogP contribution is -2.52. The van der Waals surface area contributed by atoms with Crippen molar-refractivity contribution in [2.75, 3.05) is 6.61 Å². The van der Waals surface area contributed by atoms with Crippen LogP contribution in [0.1, 0.15) is 36.1 Å². The lowest BCUT2D eigenvalue weighted by atomic mass is 9.77. The molecule has 2 aromatic carbocycles. The summed E-state index contributed by atoms with van der Waals surface area (Å²) >= 11 is 0. The van der Waals surface area contributed by atoms with E-state index in [9.17, 15) is 32.6 Å². The van der Waals surface area contributed by atoms with Gasteiger partial charge in [0.25, 0.3) is 0 Å². The van der Waals surface area contributed by atoms with E-state index in [0.717, 1.165) is 6.07 Å². The number of carboxylic acids is 1. The Morgan fingerprint density at radius 1 is 1.19 bits per heavy atom. The highest BCUT2D eigenvalue weighted by Gasteiger charge is 2.38. The monoisotopic (exact) mass is 507 g/mol. The summed E-state index contributed by atoms with van der Waals surface area (Å²) in [6.45, 7) is 1.69. The van der Waals surface area contributed by atoms with E-state index in [-0.39, 0.29) is 17.7 Å². The number of carboxylic acid groups (broad SMARTS) is 1. The van der Waals surface area contributed by atoms with E-state index in [1.54, 1.807) is 12.1 Å².